The molecule has 2 aromatic heterocycles. The van der Waals surface area contributed by atoms with E-state index >= 15 is 0 Å². The molecule has 1 amide bonds. The van der Waals surface area contributed by atoms with E-state index in [1.165, 1.54) is 11.3 Å². The predicted molar refractivity (Wildman–Crippen MR) is 114 cm³/mol. The third-order valence-electron chi connectivity index (χ3n) is 4.23. The number of fused-ring (bicyclic) bond motifs is 3. The number of aromatic nitrogens is 1. The minimum absolute atomic E-state index is 0.145. The number of carbonyl (C=O) groups is 1. The predicted octanol–water partition coefficient (Wildman–Crippen LogP) is 6.73. The van der Waals surface area contributed by atoms with Gasteiger partial charge < -0.3 is 5.32 Å². The largest absolute Gasteiger partial charge is 0.321 e. The molecule has 0 unspecified atom stereocenters. The SMILES string of the molecule is Cc1ccc2nc(Cl)c3cc(C(=O)Nc4ccc(Br)cc4C)sc3c2c1. The number of nitrogens with zero attached hydrogens (tertiary/aromatic N) is 1. The van der Waals surface area contributed by atoms with Crippen LogP contribution in [0.3, 0.4) is 0 Å². The summed E-state index contributed by atoms with van der Waals surface area (Å²) in [5, 5.41) is 5.24. The molecule has 1 N–H and O–H groups in total. The minimum atomic E-state index is -0.145. The fourth-order valence-corrected chi connectivity index (χ4v) is 4.75. The quantitative estimate of drug-likeness (QED) is 0.347. The molecule has 26 heavy (non-hydrogen) atoms. The lowest BCUT2D eigenvalue weighted by Gasteiger charge is -2.07. The van der Waals surface area contributed by atoms with E-state index in [0.29, 0.717) is 10.0 Å². The molecule has 0 bridgehead atoms. The normalized spacial score (nSPS) is 11.2. The van der Waals surface area contributed by atoms with Gasteiger partial charge in [-0.25, -0.2) is 4.98 Å². The number of rotatable bonds is 2. The van der Waals surface area contributed by atoms with E-state index in [4.69, 9.17) is 11.6 Å². The van der Waals surface area contributed by atoms with E-state index in [0.717, 1.165) is 42.3 Å². The number of anilines is 1. The number of hydrogen-bond donors (Lipinski definition) is 1. The Balaban J connectivity index is 1.79. The van der Waals surface area contributed by atoms with Crippen LogP contribution < -0.4 is 5.32 Å². The van der Waals surface area contributed by atoms with Crippen molar-refractivity contribution < 1.29 is 4.79 Å². The van der Waals surface area contributed by atoms with E-state index in [-0.39, 0.29) is 5.91 Å². The van der Waals surface area contributed by atoms with Crippen molar-refractivity contribution in [1.29, 1.82) is 0 Å². The Morgan fingerprint density at radius 1 is 1.12 bits per heavy atom. The Hall–Kier alpha value is -1.95. The van der Waals surface area contributed by atoms with Gasteiger partial charge in [-0.15, -0.1) is 11.3 Å². The van der Waals surface area contributed by atoms with Crippen LogP contribution in [-0.2, 0) is 0 Å². The van der Waals surface area contributed by atoms with Gasteiger partial charge in [-0.1, -0.05) is 39.2 Å². The van der Waals surface area contributed by atoms with Crippen LogP contribution in [0.2, 0.25) is 5.15 Å². The molecule has 4 rings (SSSR count). The molecule has 6 heteroatoms. The molecule has 0 aliphatic carbocycles. The van der Waals surface area contributed by atoms with Crippen molar-refractivity contribution in [3.8, 4) is 0 Å². The van der Waals surface area contributed by atoms with Crippen LogP contribution in [-0.4, -0.2) is 10.9 Å². The summed E-state index contributed by atoms with van der Waals surface area (Å²) in [6.45, 7) is 4.00. The number of hydrogen-bond acceptors (Lipinski definition) is 3. The Labute approximate surface area is 168 Å². The van der Waals surface area contributed by atoms with E-state index < -0.39 is 0 Å². The monoisotopic (exact) mass is 444 g/mol. The highest BCUT2D eigenvalue weighted by atomic mass is 79.9. The first-order valence-corrected chi connectivity index (χ1v) is 9.98. The average Bonchev–Trinajstić information content (AvgIpc) is 3.05. The van der Waals surface area contributed by atoms with Crippen molar-refractivity contribution in [3.63, 3.8) is 0 Å². The molecule has 0 aliphatic heterocycles. The summed E-state index contributed by atoms with van der Waals surface area (Å²) in [5.74, 6) is -0.145. The first-order valence-electron chi connectivity index (χ1n) is 7.99. The number of nitrogens with one attached hydrogen (secondary N) is 1. The van der Waals surface area contributed by atoms with E-state index in [1.54, 1.807) is 0 Å². The molecule has 2 aromatic carbocycles. The lowest BCUT2D eigenvalue weighted by atomic mass is 10.1. The third kappa shape index (κ3) is 3.11. The zero-order valence-electron chi connectivity index (χ0n) is 14.1. The fraction of sp³-hybridized carbons (Fsp3) is 0.100. The van der Waals surface area contributed by atoms with Gasteiger partial charge in [0.15, 0.2) is 0 Å². The van der Waals surface area contributed by atoms with E-state index in [9.17, 15) is 4.79 Å². The number of thiophene rings is 1. The second-order valence-corrected chi connectivity index (χ2v) is 8.52. The maximum Gasteiger partial charge on any atom is 0.265 e. The molecular weight excluding hydrogens is 432 g/mol. The third-order valence-corrected chi connectivity index (χ3v) is 6.18. The smallest absolute Gasteiger partial charge is 0.265 e. The van der Waals surface area contributed by atoms with Gasteiger partial charge >= 0.3 is 0 Å². The summed E-state index contributed by atoms with van der Waals surface area (Å²) < 4.78 is 1.97. The van der Waals surface area contributed by atoms with Crippen molar-refractivity contribution in [2.75, 3.05) is 5.32 Å². The summed E-state index contributed by atoms with van der Waals surface area (Å²) in [7, 11) is 0. The Morgan fingerprint density at radius 2 is 1.92 bits per heavy atom. The maximum atomic E-state index is 12.8. The van der Waals surface area contributed by atoms with Crippen molar-refractivity contribution in [2.24, 2.45) is 0 Å². The van der Waals surface area contributed by atoms with E-state index in [2.05, 4.69) is 32.3 Å². The molecule has 0 fully saturated rings. The number of halogens is 2. The number of amides is 1. The van der Waals surface area contributed by atoms with Crippen LogP contribution in [0.1, 0.15) is 20.8 Å². The minimum Gasteiger partial charge on any atom is -0.321 e. The second-order valence-electron chi connectivity index (χ2n) is 6.19. The highest BCUT2D eigenvalue weighted by molar-refractivity contribution is 9.10. The molecule has 0 radical (unpaired) electrons. The molecular formula is C20H14BrClN2OS. The topological polar surface area (TPSA) is 42.0 Å². The van der Waals surface area contributed by atoms with Crippen LogP contribution in [0, 0.1) is 13.8 Å². The summed E-state index contributed by atoms with van der Waals surface area (Å²) in [4.78, 5) is 17.8. The first-order chi connectivity index (χ1) is 12.4. The van der Waals surface area contributed by atoms with Gasteiger partial charge in [0.05, 0.1) is 10.4 Å². The molecule has 0 spiro atoms. The van der Waals surface area contributed by atoms with Crippen molar-refractivity contribution in [3.05, 3.63) is 68.1 Å². The van der Waals surface area contributed by atoms with Gasteiger partial charge in [-0.2, -0.15) is 0 Å². The summed E-state index contributed by atoms with van der Waals surface area (Å²) in [6, 6.07) is 13.6. The van der Waals surface area contributed by atoms with Crippen LogP contribution in [0.25, 0.3) is 21.0 Å². The number of benzene rings is 2. The molecule has 0 aliphatic rings. The van der Waals surface area contributed by atoms with Crippen LogP contribution in [0.15, 0.2) is 46.9 Å². The van der Waals surface area contributed by atoms with Crippen LogP contribution >= 0.6 is 38.9 Å². The number of aryl methyl sites for hydroxylation is 2. The number of carbonyl (C=O) groups excluding carboxylic acids is 1. The molecule has 0 saturated carbocycles. The Bertz CT molecular complexity index is 1190. The van der Waals surface area contributed by atoms with Gasteiger partial charge in [0, 0.05) is 25.6 Å². The van der Waals surface area contributed by atoms with Gasteiger partial charge in [0.2, 0.25) is 0 Å². The summed E-state index contributed by atoms with van der Waals surface area (Å²) in [5.41, 5.74) is 3.77. The lowest BCUT2D eigenvalue weighted by Crippen LogP contribution is -2.10. The fourth-order valence-electron chi connectivity index (χ4n) is 2.90. The highest BCUT2D eigenvalue weighted by Crippen LogP contribution is 2.36. The second kappa shape index (κ2) is 6.65. The van der Waals surface area contributed by atoms with Crippen LogP contribution in [0.4, 0.5) is 5.69 Å². The molecule has 0 atom stereocenters. The lowest BCUT2D eigenvalue weighted by molar-refractivity contribution is 0.103. The molecule has 3 nitrogen and oxygen atoms in total. The maximum absolute atomic E-state index is 12.8. The first kappa shape index (κ1) is 17.5. The average molecular weight is 446 g/mol. The molecule has 2 heterocycles. The van der Waals surface area contributed by atoms with Crippen molar-refractivity contribution >= 4 is 71.5 Å². The summed E-state index contributed by atoms with van der Waals surface area (Å²) >= 11 is 11.2. The van der Waals surface area contributed by atoms with Gasteiger partial charge in [0.1, 0.15) is 5.15 Å². The Morgan fingerprint density at radius 3 is 2.69 bits per heavy atom. The molecule has 4 aromatic rings. The highest BCUT2D eigenvalue weighted by Gasteiger charge is 2.16. The summed E-state index contributed by atoms with van der Waals surface area (Å²) in [6.07, 6.45) is 0. The number of pyridine rings is 1. The van der Waals surface area contributed by atoms with Gasteiger partial charge in [-0.05, 0) is 55.8 Å². The molecule has 130 valence electrons. The van der Waals surface area contributed by atoms with Gasteiger partial charge in [-0.3, -0.25) is 4.79 Å². The van der Waals surface area contributed by atoms with Crippen molar-refractivity contribution in [2.45, 2.75) is 13.8 Å². The van der Waals surface area contributed by atoms with Gasteiger partial charge in [0.25, 0.3) is 5.91 Å². The van der Waals surface area contributed by atoms with Crippen LogP contribution in [0.5, 0.6) is 0 Å². The van der Waals surface area contributed by atoms with Crippen molar-refractivity contribution in [1.82, 2.24) is 4.98 Å². The zero-order chi connectivity index (χ0) is 18.4. The standard InChI is InChI=1S/C20H14BrClN2OS/c1-10-3-5-16-13(7-10)18-14(19(22)23-16)9-17(26-18)20(25)24-15-6-4-12(21)8-11(15)2/h3-9H,1-2H3,(H,24,25). The zero-order valence-corrected chi connectivity index (χ0v) is 17.2. The molecule has 0 saturated heterocycles. The Kier molecular flexibility index (Phi) is 4.47. The van der Waals surface area contributed by atoms with E-state index in [1.807, 2.05) is 50.2 Å².